The van der Waals surface area contributed by atoms with E-state index >= 15 is 0 Å². The van der Waals surface area contributed by atoms with Crippen molar-refractivity contribution in [2.24, 2.45) is 17.8 Å². The van der Waals surface area contributed by atoms with Crippen LogP contribution in [0.1, 0.15) is 43.7 Å². The lowest BCUT2D eigenvalue weighted by Gasteiger charge is -2.50. The molecule has 8 nitrogen and oxygen atoms in total. The van der Waals surface area contributed by atoms with Gasteiger partial charge in [0.05, 0.1) is 24.1 Å². The number of fused-ring (bicyclic) bond motifs is 4. The summed E-state index contributed by atoms with van der Waals surface area (Å²) in [5.74, 6) is -4.76. The molecule has 2 aromatic rings. The van der Waals surface area contributed by atoms with Crippen LogP contribution in [0.5, 0.6) is 11.5 Å². The Labute approximate surface area is 247 Å². The zero-order chi connectivity index (χ0) is 29.4. The van der Waals surface area contributed by atoms with E-state index in [0.717, 1.165) is 16.9 Å². The van der Waals surface area contributed by atoms with Crippen LogP contribution in [0.4, 0.5) is 5.69 Å². The molecule has 2 aromatic carbocycles. The number of rotatable bonds is 5. The fourth-order valence-electron chi connectivity index (χ4n) is 7.23. The molecule has 2 saturated heterocycles. The van der Waals surface area contributed by atoms with Crippen molar-refractivity contribution in [3.8, 4) is 11.5 Å². The number of halogens is 2. The monoisotopic (exact) mass is 596 g/mol. The first-order valence-corrected chi connectivity index (χ1v) is 14.6. The number of nitrogens with zero attached hydrogens (tertiary/aromatic N) is 2. The number of phenols is 1. The molecule has 1 saturated carbocycles. The van der Waals surface area contributed by atoms with Gasteiger partial charge in [0.15, 0.2) is 21.2 Å². The molecule has 6 atom stereocenters. The van der Waals surface area contributed by atoms with E-state index in [4.69, 9.17) is 27.9 Å². The highest BCUT2D eigenvalue weighted by Crippen LogP contribution is 2.65. The largest absolute Gasteiger partial charge is 0.504 e. The molecule has 6 rings (SSSR count). The Hall–Kier alpha value is -3.36. The van der Waals surface area contributed by atoms with Gasteiger partial charge < -0.3 is 9.84 Å². The Balaban J connectivity index is 1.49. The minimum atomic E-state index is -1.89. The molecule has 0 aromatic heterocycles. The van der Waals surface area contributed by atoms with E-state index in [1.807, 2.05) is 25.1 Å². The number of alkyl halides is 2. The average molecular weight is 597 g/mol. The van der Waals surface area contributed by atoms with Crippen molar-refractivity contribution in [3.05, 3.63) is 65.2 Å². The van der Waals surface area contributed by atoms with Crippen LogP contribution in [0, 0.1) is 17.8 Å². The molecule has 0 spiro atoms. The summed E-state index contributed by atoms with van der Waals surface area (Å²) in [5.41, 5.74) is 2.78. The van der Waals surface area contributed by atoms with E-state index in [-0.39, 0.29) is 42.8 Å². The number of carbonyl (C=O) groups is 4. The number of aromatic hydroxyl groups is 1. The molecule has 1 N–H and O–H groups in total. The number of likely N-dealkylation sites (tertiary alicyclic amines) is 1. The summed E-state index contributed by atoms with van der Waals surface area (Å²) in [6.45, 7) is 4.09. The number of hydrogen-bond acceptors (Lipinski definition) is 6. The lowest BCUT2D eigenvalue weighted by molar-refractivity contribution is -0.138. The smallest absolute Gasteiger partial charge is 0.253 e. The summed E-state index contributed by atoms with van der Waals surface area (Å²) in [5, 5.41) is 10.4. The van der Waals surface area contributed by atoms with Gasteiger partial charge in [-0.25, -0.2) is 0 Å². The van der Waals surface area contributed by atoms with Gasteiger partial charge in [-0.2, -0.15) is 0 Å². The van der Waals surface area contributed by atoms with Crippen LogP contribution in [-0.4, -0.2) is 57.0 Å². The Kier molecular flexibility index (Phi) is 6.51. The molecule has 4 aliphatic rings. The third kappa shape index (κ3) is 3.66. The third-order valence-corrected chi connectivity index (χ3v) is 10.6. The SMILES string of the molecule is CCOc1cc(C2C3=CCC4C(=O)N(c5ccc(CC)cc5)C(=O)C4C3CC3(Cl)C(=O)N(C)C(=O)C23Cl)ccc1O. The van der Waals surface area contributed by atoms with Gasteiger partial charge in [0.2, 0.25) is 11.8 Å². The molecule has 10 heteroatoms. The summed E-state index contributed by atoms with van der Waals surface area (Å²) in [4.78, 5) is 53.4. The summed E-state index contributed by atoms with van der Waals surface area (Å²) in [7, 11) is 1.35. The van der Waals surface area contributed by atoms with E-state index in [1.54, 1.807) is 31.2 Å². The number of carbonyl (C=O) groups excluding carboxylic acids is 4. The number of imide groups is 2. The Bertz CT molecular complexity index is 1520. The van der Waals surface area contributed by atoms with Crippen LogP contribution in [0.2, 0.25) is 0 Å². The lowest BCUT2D eigenvalue weighted by Crippen LogP contribution is -2.60. The summed E-state index contributed by atoms with van der Waals surface area (Å²) in [6, 6.07) is 12.0. The van der Waals surface area contributed by atoms with Gasteiger partial charge >= 0.3 is 0 Å². The molecule has 3 fully saturated rings. The second-order valence-corrected chi connectivity index (χ2v) is 12.4. The minimum Gasteiger partial charge on any atom is -0.504 e. The van der Waals surface area contributed by atoms with Crippen LogP contribution in [0.15, 0.2) is 54.1 Å². The molecule has 0 radical (unpaired) electrons. The van der Waals surface area contributed by atoms with Crippen molar-refractivity contribution < 1.29 is 29.0 Å². The highest BCUT2D eigenvalue weighted by atomic mass is 35.5. The second-order valence-electron chi connectivity index (χ2n) is 11.2. The number of benzene rings is 2. The van der Waals surface area contributed by atoms with Crippen molar-refractivity contribution in [1.82, 2.24) is 4.90 Å². The first kappa shape index (κ1) is 27.8. The Morgan fingerprint density at radius 2 is 1.68 bits per heavy atom. The molecular weight excluding hydrogens is 567 g/mol. The maximum atomic E-state index is 14.1. The van der Waals surface area contributed by atoms with Crippen LogP contribution in [0.25, 0.3) is 0 Å². The van der Waals surface area contributed by atoms with Crippen LogP contribution < -0.4 is 9.64 Å². The first-order chi connectivity index (χ1) is 19.5. The number of hydrogen-bond donors (Lipinski definition) is 1. The van der Waals surface area contributed by atoms with E-state index in [9.17, 15) is 24.3 Å². The number of amides is 4. The number of anilines is 1. The maximum absolute atomic E-state index is 14.1. The molecule has 41 heavy (non-hydrogen) atoms. The number of aryl methyl sites for hydroxylation is 1. The number of ether oxygens (including phenoxy) is 1. The molecule has 214 valence electrons. The lowest BCUT2D eigenvalue weighted by atomic mass is 9.56. The predicted octanol–water partition coefficient (Wildman–Crippen LogP) is 4.55. The maximum Gasteiger partial charge on any atom is 0.253 e. The fourth-order valence-corrected chi connectivity index (χ4v) is 8.25. The molecule has 2 aliphatic carbocycles. The van der Waals surface area contributed by atoms with Crippen LogP contribution in [0.3, 0.4) is 0 Å². The zero-order valence-electron chi connectivity index (χ0n) is 22.9. The number of allylic oxidation sites excluding steroid dienone is 2. The van der Waals surface area contributed by atoms with Crippen LogP contribution in [-0.2, 0) is 25.6 Å². The zero-order valence-corrected chi connectivity index (χ0v) is 24.4. The topological polar surface area (TPSA) is 104 Å². The van der Waals surface area contributed by atoms with Crippen molar-refractivity contribution in [1.29, 1.82) is 0 Å². The standard InChI is InChI=1S/C31H30Cl2N2O6/c1-4-16-6-9-18(10-7-16)35-26(37)20-12-11-19-21(24(20)27(35)38)15-30(32)28(39)34(3)29(40)31(30,33)25(19)17-8-13-22(36)23(14-17)41-5-2/h6-11,13-14,20-21,24-25,36H,4-5,12,15H2,1-3H3. The third-order valence-electron chi connectivity index (χ3n) is 9.23. The highest BCUT2D eigenvalue weighted by Gasteiger charge is 2.75. The van der Waals surface area contributed by atoms with Crippen molar-refractivity contribution >= 4 is 52.5 Å². The summed E-state index contributed by atoms with van der Waals surface area (Å²) in [6.07, 6.45) is 2.91. The second kappa shape index (κ2) is 9.60. The van der Waals surface area contributed by atoms with Crippen molar-refractivity contribution in [3.63, 3.8) is 0 Å². The van der Waals surface area contributed by atoms with Crippen LogP contribution >= 0.6 is 23.2 Å². The first-order valence-electron chi connectivity index (χ1n) is 13.8. The van der Waals surface area contributed by atoms with E-state index in [1.165, 1.54) is 18.0 Å². The minimum absolute atomic E-state index is 0.0749. The van der Waals surface area contributed by atoms with Gasteiger partial charge in [-0.3, -0.25) is 29.0 Å². The highest BCUT2D eigenvalue weighted by molar-refractivity contribution is 6.53. The van der Waals surface area contributed by atoms with Crippen molar-refractivity contribution in [2.75, 3.05) is 18.6 Å². The predicted molar refractivity (Wildman–Crippen MR) is 153 cm³/mol. The summed E-state index contributed by atoms with van der Waals surface area (Å²) < 4.78 is 5.61. The van der Waals surface area contributed by atoms with E-state index in [0.29, 0.717) is 16.8 Å². The Morgan fingerprint density at radius 3 is 2.34 bits per heavy atom. The molecule has 2 heterocycles. The van der Waals surface area contributed by atoms with E-state index in [2.05, 4.69) is 0 Å². The van der Waals surface area contributed by atoms with Crippen molar-refractivity contribution in [2.45, 2.75) is 48.8 Å². The fraction of sp³-hybridized carbons (Fsp3) is 0.419. The van der Waals surface area contributed by atoms with Gasteiger partial charge in [-0.1, -0.05) is 36.8 Å². The summed E-state index contributed by atoms with van der Waals surface area (Å²) >= 11 is 14.4. The normalized spacial score (nSPS) is 32.6. The Morgan fingerprint density at radius 1 is 0.976 bits per heavy atom. The molecular formula is C31H30Cl2N2O6. The number of phenolic OH excluding ortho intramolecular Hbond substituents is 1. The molecule has 6 unspecified atom stereocenters. The molecule has 0 bridgehead atoms. The van der Waals surface area contributed by atoms with Gasteiger partial charge in [-0.15, -0.1) is 23.2 Å². The van der Waals surface area contributed by atoms with E-state index < -0.39 is 45.2 Å². The van der Waals surface area contributed by atoms with Gasteiger partial charge in [0.25, 0.3) is 11.8 Å². The quantitative estimate of drug-likeness (QED) is 0.308. The van der Waals surface area contributed by atoms with Gasteiger partial charge in [0.1, 0.15) is 0 Å². The molecule has 4 amide bonds. The van der Waals surface area contributed by atoms with Gasteiger partial charge in [0, 0.05) is 13.0 Å². The van der Waals surface area contributed by atoms with Gasteiger partial charge in [-0.05, 0) is 67.5 Å². The average Bonchev–Trinajstić information content (AvgIpc) is 3.29. The molecule has 2 aliphatic heterocycles.